The maximum Gasteiger partial charge on any atom is 0.471 e. The second-order valence-electron chi connectivity index (χ2n) is 7.35. The molecule has 0 aliphatic rings. The number of carbonyl (C=O) groups excluding carboxylic acids is 1. The summed E-state index contributed by atoms with van der Waals surface area (Å²) in [5.74, 6) is 4.31. The van der Waals surface area contributed by atoms with Crippen LogP contribution in [0.5, 0.6) is 0 Å². The van der Waals surface area contributed by atoms with E-state index in [9.17, 15) is 18.0 Å². The first-order valence-corrected chi connectivity index (χ1v) is 8.78. The van der Waals surface area contributed by atoms with Gasteiger partial charge in [0.05, 0.1) is 13.1 Å². The summed E-state index contributed by atoms with van der Waals surface area (Å²) in [5.41, 5.74) is 6.62. The molecule has 1 aromatic carbocycles. The molecule has 0 bridgehead atoms. The monoisotopic (exact) mass is 428 g/mol. The van der Waals surface area contributed by atoms with Crippen molar-refractivity contribution >= 4 is 6.09 Å². The van der Waals surface area contributed by atoms with Gasteiger partial charge in [0, 0.05) is 17.5 Å². The van der Waals surface area contributed by atoms with Crippen LogP contribution >= 0.6 is 0 Å². The van der Waals surface area contributed by atoms with Crippen molar-refractivity contribution in [2.24, 2.45) is 11.6 Å². The van der Waals surface area contributed by atoms with Crippen LogP contribution in [0.2, 0.25) is 0 Å². The Hall–Kier alpha value is -3.28. The number of nitrogens with two attached hydrogens (primary N) is 2. The first-order valence-electron chi connectivity index (χ1n) is 8.78. The Bertz CT molecular complexity index is 888. The van der Waals surface area contributed by atoms with Crippen molar-refractivity contribution in [3.63, 3.8) is 0 Å². The van der Waals surface area contributed by atoms with E-state index in [0.717, 1.165) is 5.56 Å². The number of rotatable bonds is 6. The van der Waals surface area contributed by atoms with Crippen LogP contribution < -0.4 is 16.9 Å². The third-order valence-electron chi connectivity index (χ3n) is 3.41. The van der Waals surface area contributed by atoms with E-state index in [2.05, 4.69) is 20.0 Å². The third kappa shape index (κ3) is 7.28. The lowest BCUT2D eigenvalue weighted by Gasteiger charge is -2.20. The summed E-state index contributed by atoms with van der Waals surface area (Å²) < 4.78 is 46.9. The second-order valence-corrected chi connectivity index (χ2v) is 7.35. The Morgan fingerprint density at radius 3 is 2.43 bits per heavy atom. The molecule has 1 amide bonds. The molecular weight excluding hydrogens is 405 g/mol. The molecule has 5 N–H and O–H groups in total. The molecule has 0 aliphatic carbocycles. The van der Waals surface area contributed by atoms with Gasteiger partial charge in [-0.05, 0) is 26.3 Å². The highest BCUT2D eigenvalue weighted by Gasteiger charge is 2.38. The second kappa shape index (κ2) is 9.03. The average Bonchev–Trinajstić information content (AvgIpc) is 3.09. The van der Waals surface area contributed by atoms with Crippen molar-refractivity contribution in [2.75, 3.05) is 6.54 Å². The average molecular weight is 428 g/mol. The smallest absolute Gasteiger partial charge is 0.444 e. The van der Waals surface area contributed by atoms with Crippen LogP contribution in [0.15, 0.2) is 40.7 Å². The number of alkyl carbamates (subject to hydrolysis) is 1. The normalized spacial score (nSPS) is 12.6. The highest BCUT2D eigenvalue weighted by atomic mass is 19.4. The lowest BCUT2D eigenvalue weighted by molar-refractivity contribution is -0.159. The van der Waals surface area contributed by atoms with Gasteiger partial charge >= 0.3 is 18.2 Å². The fourth-order valence-corrected chi connectivity index (χ4v) is 2.22. The number of nitrogens with zero attached hydrogens (tertiary/aromatic N) is 3. The van der Waals surface area contributed by atoms with E-state index in [-0.39, 0.29) is 18.9 Å². The van der Waals surface area contributed by atoms with Crippen molar-refractivity contribution < 1.29 is 27.2 Å². The minimum absolute atomic E-state index is 0.0426. The number of carbonyl (C=O) groups is 1. The van der Waals surface area contributed by atoms with Crippen molar-refractivity contribution in [2.45, 2.75) is 39.1 Å². The Kier molecular flexibility index (Phi) is 6.92. The Labute approximate surface area is 170 Å². The van der Waals surface area contributed by atoms with Gasteiger partial charge in [-0.15, -0.1) is 0 Å². The van der Waals surface area contributed by atoms with Crippen molar-refractivity contribution in [3.05, 3.63) is 47.6 Å². The number of ether oxygens (including phenoxy) is 1. The molecule has 0 radical (unpaired) electrons. The molecule has 2 rings (SSSR count). The Morgan fingerprint density at radius 1 is 1.27 bits per heavy atom. The molecule has 0 saturated heterocycles. The van der Waals surface area contributed by atoms with E-state index in [4.69, 9.17) is 16.3 Å². The molecule has 0 atom stereocenters. The van der Waals surface area contributed by atoms with Crippen LogP contribution in [0.4, 0.5) is 18.0 Å². The molecule has 12 heteroatoms. The molecule has 1 heterocycles. The van der Waals surface area contributed by atoms with Gasteiger partial charge < -0.3 is 25.3 Å². The molecule has 1 aromatic heterocycles. The number of halogens is 3. The highest BCUT2D eigenvalue weighted by molar-refractivity contribution is 5.67. The van der Waals surface area contributed by atoms with E-state index in [1.54, 1.807) is 45.0 Å². The van der Waals surface area contributed by atoms with Crippen LogP contribution in [0, 0.1) is 0 Å². The number of hydrazine groups is 1. The minimum Gasteiger partial charge on any atom is -0.444 e. The maximum absolute atomic E-state index is 12.5. The maximum atomic E-state index is 12.5. The molecule has 0 saturated carbocycles. The van der Waals surface area contributed by atoms with Crippen LogP contribution in [0.25, 0.3) is 11.4 Å². The summed E-state index contributed by atoms with van der Waals surface area (Å²) in [7, 11) is 0. The van der Waals surface area contributed by atoms with E-state index in [1.807, 2.05) is 0 Å². The minimum atomic E-state index is -4.70. The molecule has 0 aliphatic heterocycles. The predicted molar refractivity (Wildman–Crippen MR) is 101 cm³/mol. The number of alkyl halides is 3. The van der Waals surface area contributed by atoms with E-state index >= 15 is 0 Å². The summed E-state index contributed by atoms with van der Waals surface area (Å²) in [6.45, 7) is 5.53. The first kappa shape index (κ1) is 23.0. The van der Waals surface area contributed by atoms with Gasteiger partial charge in [0.1, 0.15) is 5.60 Å². The number of hydrogen-bond acceptors (Lipinski definition) is 8. The van der Waals surface area contributed by atoms with E-state index in [1.165, 1.54) is 11.2 Å². The fourth-order valence-electron chi connectivity index (χ4n) is 2.22. The van der Waals surface area contributed by atoms with Crippen molar-refractivity contribution in [1.82, 2.24) is 20.5 Å². The summed E-state index contributed by atoms with van der Waals surface area (Å²) in [6, 6.07) is 6.40. The topological polar surface area (TPSA) is 133 Å². The van der Waals surface area contributed by atoms with Crippen LogP contribution in [0.3, 0.4) is 0 Å². The number of hydrogen-bond donors (Lipinski definition) is 3. The van der Waals surface area contributed by atoms with Gasteiger partial charge in [0.15, 0.2) is 0 Å². The summed E-state index contributed by atoms with van der Waals surface area (Å²) in [4.78, 5) is 14.9. The molecule has 0 unspecified atom stereocenters. The van der Waals surface area contributed by atoms with Gasteiger partial charge in [0.25, 0.3) is 0 Å². The number of amides is 1. The van der Waals surface area contributed by atoms with Gasteiger partial charge in [-0.3, -0.25) is 0 Å². The molecule has 30 heavy (non-hydrogen) atoms. The molecule has 0 fully saturated rings. The molecule has 2 aromatic rings. The largest absolute Gasteiger partial charge is 0.471 e. The lowest BCUT2D eigenvalue weighted by Crippen LogP contribution is -2.35. The SMILES string of the molecule is CC(C)(C)OC(=O)NC/C(N)=C/N(N)Cc1ccc(-c2noc(C(F)(F)F)n2)cc1. The summed E-state index contributed by atoms with van der Waals surface area (Å²) in [6.07, 6.45) is -3.86. The predicted octanol–water partition coefficient (Wildman–Crippen LogP) is 2.76. The van der Waals surface area contributed by atoms with E-state index < -0.39 is 23.8 Å². The van der Waals surface area contributed by atoms with Crippen LogP contribution in [0.1, 0.15) is 32.2 Å². The van der Waals surface area contributed by atoms with Gasteiger partial charge in [-0.25, -0.2) is 10.6 Å². The number of nitrogens with one attached hydrogen (secondary N) is 1. The standard InChI is InChI=1S/C18H23F3N6O3/c1-17(2,3)29-16(28)24-8-13(22)10-27(23)9-11-4-6-12(7-5-11)14-25-15(30-26-14)18(19,20)21/h4-7,10H,8-9,22-23H2,1-3H3,(H,24,28)/b13-10-. The van der Waals surface area contributed by atoms with Crippen LogP contribution in [-0.4, -0.2) is 33.4 Å². The number of benzene rings is 1. The van der Waals surface area contributed by atoms with Crippen molar-refractivity contribution in [3.8, 4) is 11.4 Å². The molecule has 9 nitrogen and oxygen atoms in total. The fraction of sp³-hybridized carbons (Fsp3) is 0.389. The lowest BCUT2D eigenvalue weighted by atomic mass is 10.1. The third-order valence-corrected chi connectivity index (χ3v) is 3.41. The Morgan fingerprint density at radius 2 is 1.90 bits per heavy atom. The van der Waals surface area contributed by atoms with Gasteiger partial charge in [-0.1, -0.05) is 29.4 Å². The van der Waals surface area contributed by atoms with Crippen LogP contribution in [-0.2, 0) is 17.5 Å². The van der Waals surface area contributed by atoms with E-state index in [0.29, 0.717) is 11.3 Å². The van der Waals surface area contributed by atoms with Crippen molar-refractivity contribution in [1.29, 1.82) is 0 Å². The van der Waals surface area contributed by atoms with Gasteiger partial charge in [0.2, 0.25) is 5.82 Å². The zero-order chi connectivity index (χ0) is 22.5. The highest BCUT2D eigenvalue weighted by Crippen LogP contribution is 2.29. The molecular formula is C18H23F3N6O3. The quantitative estimate of drug-likeness (QED) is 0.473. The van der Waals surface area contributed by atoms with Gasteiger partial charge in [-0.2, -0.15) is 18.2 Å². The molecule has 164 valence electrons. The zero-order valence-corrected chi connectivity index (χ0v) is 16.7. The molecule has 0 spiro atoms. The summed E-state index contributed by atoms with van der Waals surface area (Å²) >= 11 is 0. The number of aromatic nitrogens is 2. The Balaban J connectivity index is 1.91. The summed E-state index contributed by atoms with van der Waals surface area (Å²) in [5, 5.41) is 7.14. The zero-order valence-electron chi connectivity index (χ0n) is 16.7. The first-order chi connectivity index (χ1) is 13.8.